The van der Waals surface area contributed by atoms with Gasteiger partial charge in [0.25, 0.3) is 0 Å². The summed E-state index contributed by atoms with van der Waals surface area (Å²) in [6, 6.07) is 4.88. The molecule has 0 saturated carbocycles. The van der Waals surface area contributed by atoms with Crippen molar-refractivity contribution in [3.05, 3.63) is 18.2 Å². The number of carbonyl (C=O) groups excluding carboxylic acids is 1. The van der Waals surface area contributed by atoms with Gasteiger partial charge in [0.05, 0.1) is 24.7 Å². The molecule has 2 unspecified atom stereocenters. The zero-order chi connectivity index (χ0) is 17.3. The number of hydrogen-bond acceptors (Lipinski definition) is 5. The molecule has 1 aromatic carbocycles. The molecule has 0 aliphatic carbocycles. The summed E-state index contributed by atoms with van der Waals surface area (Å²) in [5.41, 5.74) is 0.902. The second-order valence-electron chi connectivity index (χ2n) is 6.16. The van der Waals surface area contributed by atoms with E-state index in [1.54, 1.807) is 18.2 Å². The average molecular weight is 354 g/mol. The molecule has 2 saturated heterocycles. The van der Waals surface area contributed by atoms with Gasteiger partial charge in [-0.15, -0.1) is 0 Å². The number of sulfonamides is 1. The zero-order valence-electron chi connectivity index (χ0n) is 13.8. The van der Waals surface area contributed by atoms with Crippen LogP contribution >= 0.6 is 0 Å². The van der Waals surface area contributed by atoms with E-state index < -0.39 is 10.0 Å². The van der Waals surface area contributed by atoms with Crippen LogP contribution in [0.4, 0.5) is 16.2 Å². The van der Waals surface area contributed by atoms with Crippen molar-refractivity contribution in [2.45, 2.75) is 12.5 Å². The summed E-state index contributed by atoms with van der Waals surface area (Å²) in [4.78, 5) is 16.8. The highest BCUT2D eigenvalue weighted by Gasteiger charge is 2.35. The molecule has 2 aliphatic heterocycles. The molecule has 0 spiro atoms. The van der Waals surface area contributed by atoms with Gasteiger partial charge in [-0.1, -0.05) is 0 Å². The molecule has 2 atom stereocenters. The second-order valence-corrected chi connectivity index (χ2v) is 7.90. The molecule has 1 aromatic rings. The number of urea groups is 1. The molecule has 0 aromatic heterocycles. The Labute approximate surface area is 141 Å². The molecule has 3 rings (SSSR count). The molecule has 2 aliphatic rings. The van der Waals surface area contributed by atoms with Gasteiger partial charge in [-0.25, -0.2) is 13.2 Å². The predicted octanol–water partition coefficient (Wildman–Crippen LogP) is 0.988. The van der Waals surface area contributed by atoms with Crippen molar-refractivity contribution in [1.82, 2.24) is 9.80 Å². The van der Waals surface area contributed by atoms with E-state index in [9.17, 15) is 13.2 Å². The van der Waals surface area contributed by atoms with Gasteiger partial charge in [-0.05, 0) is 18.6 Å². The largest absolute Gasteiger partial charge is 0.494 e. The summed E-state index contributed by atoms with van der Waals surface area (Å²) in [6.45, 7) is 3.59. The van der Waals surface area contributed by atoms with Crippen LogP contribution in [0.25, 0.3) is 0 Å². The normalized spacial score (nSPS) is 23.0. The highest BCUT2D eigenvalue weighted by atomic mass is 32.2. The summed E-state index contributed by atoms with van der Waals surface area (Å²) in [5, 5.41) is 2.87. The van der Waals surface area contributed by atoms with Crippen molar-refractivity contribution in [3.63, 3.8) is 0 Å². The van der Waals surface area contributed by atoms with E-state index >= 15 is 0 Å². The Morgan fingerprint density at radius 1 is 1.29 bits per heavy atom. The Bertz CT molecular complexity index is 737. The predicted molar refractivity (Wildman–Crippen MR) is 92.0 cm³/mol. The molecule has 8 nitrogen and oxygen atoms in total. The Kier molecular flexibility index (Phi) is 4.55. The van der Waals surface area contributed by atoms with Crippen molar-refractivity contribution >= 4 is 27.4 Å². The maximum Gasteiger partial charge on any atom is 0.322 e. The first-order valence-corrected chi connectivity index (χ1v) is 9.70. The van der Waals surface area contributed by atoms with E-state index in [4.69, 9.17) is 4.74 Å². The third-order valence-electron chi connectivity index (χ3n) is 4.35. The Morgan fingerprint density at radius 3 is 2.79 bits per heavy atom. The maximum atomic E-state index is 12.6. The lowest BCUT2D eigenvalue weighted by Crippen LogP contribution is -2.51. The number of nitrogens with zero attached hydrogens (tertiary/aromatic N) is 2. The first-order chi connectivity index (χ1) is 11.4. The van der Waals surface area contributed by atoms with Crippen LogP contribution in [0.15, 0.2) is 18.2 Å². The van der Waals surface area contributed by atoms with E-state index in [0.717, 1.165) is 32.3 Å². The fourth-order valence-corrected chi connectivity index (χ4v) is 3.78. The minimum absolute atomic E-state index is 0.149. The van der Waals surface area contributed by atoms with Gasteiger partial charge in [0.15, 0.2) is 0 Å². The van der Waals surface area contributed by atoms with Crippen molar-refractivity contribution in [2.75, 3.05) is 49.6 Å². The highest BCUT2D eigenvalue weighted by molar-refractivity contribution is 7.92. The number of hydrogen-bond donors (Lipinski definition) is 2. The van der Waals surface area contributed by atoms with Crippen molar-refractivity contribution in [1.29, 1.82) is 0 Å². The summed E-state index contributed by atoms with van der Waals surface area (Å²) < 4.78 is 30.3. The topological polar surface area (TPSA) is 91.0 Å². The smallest absolute Gasteiger partial charge is 0.322 e. The van der Waals surface area contributed by atoms with E-state index in [1.165, 1.54) is 7.11 Å². The fourth-order valence-electron chi connectivity index (χ4n) is 3.23. The van der Waals surface area contributed by atoms with E-state index in [2.05, 4.69) is 14.9 Å². The van der Waals surface area contributed by atoms with Crippen LogP contribution in [0, 0.1) is 0 Å². The van der Waals surface area contributed by atoms with Crippen LogP contribution in [-0.4, -0.2) is 69.8 Å². The van der Waals surface area contributed by atoms with Crippen molar-refractivity contribution in [2.24, 2.45) is 0 Å². The van der Waals surface area contributed by atoms with Gasteiger partial charge < -0.3 is 15.0 Å². The van der Waals surface area contributed by atoms with Gasteiger partial charge in [-0.3, -0.25) is 9.62 Å². The Balaban J connectivity index is 1.73. The monoisotopic (exact) mass is 354 g/mol. The number of ether oxygens (including phenoxy) is 1. The minimum atomic E-state index is -3.37. The van der Waals surface area contributed by atoms with Crippen molar-refractivity contribution < 1.29 is 17.9 Å². The van der Waals surface area contributed by atoms with Gasteiger partial charge in [0, 0.05) is 38.3 Å². The SMILES string of the molecule is COc1cc(NS(C)(=O)=O)ccc1NC(=O)N1CCN2CCC1C2. The lowest BCUT2D eigenvalue weighted by atomic mass is 10.2. The number of rotatable bonds is 4. The van der Waals surface area contributed by atoms with E-state index in [1.807, 2.05) is 4.90 Å². The van der Waals surface area contributed by atoms with E-state index in [-0.39, 0.29) is 12.1 Å². The van der Waals surface area contributed by atoms with Crippen LogP contribution < -0.4 is 14.8 Å². The summed E-state index contributed by atoms with van der Waals surface area (Å²) >= 11 is 0. The fraction of sp³-hybridized carbons (Fsp3) is 0.533. The van der Waals surface area contributed by atoms with E-state index in [0.29, 0.717) is 23.7 Å². The number of fused-ring (bicyclic) bond motifs is 2. The molecule has 132 valence electrons. The molecule has 2 N–H and O–H groups in total. The molecule has 2 fully saturated rings. The highest BCUT2D eigenvalue weighted by Crippen LogP contribution is 2.29. The first kappa shape index (κ1) is 16.8. The molecular weight excluding hydrogens is 332 g/mol. The lowest BCUT2D eigenvalue weighted by molar-refractivity contribution is 0.153. The lowest BCUT2D eigenvalue weighted by Gasteiger charge is -2.34. The Hall–Kier alpha value is -2.00. The average Bonchev–Trinajstić information content (AvgIpc) is 2.88. The number of benzene rings is 1. The van der Waals surface area contributed by atoms with Gasteiger partial charge in [-0.2, -0.15) is 0 Å². The van der Waals surface area contributed by atoms with Gasteiger partial charge >= 0.3 is 6.03 Å². The molecular formula is C15H22N4O4S. The zero-order valence-corrected chi connectivity index (χ0v) is 14.6. The minimum Gasteiger partial charge on any atom is -0.494 e. The summed E-state index contributed by atoms with van der Waals surface area (Å²) in [7, 11) is -1.89. The van der Waals surface area contributed by atoms with Gasteiger partial charge in [0.2, 0.25) is 10.0 Å². The Morgan fingerprint density at radius 2 is 2.08 bits per heavy atom. The van der Waals surface area contributed by atoms with Crippen LogP contribution in [0.2, 0.25) is 0 Å². The van der Waals surface area contributed by atoms with Crippen LogP contribution in [-0.2, 0) is 10.0 Å². The number of piperazine rings is 1. The summed E-state index contributed by atoms with van der Waals surface area (Å²) in [6.07, 6.45) is 2.08. The number of carbonyl (C=O) groups is 1. The number of methoxy groups -OCH3 is 1. The van der Waals surface area contributed by atoms with Gasteiger partial charge in [0.1, 0.15) is 5.75 Å². The molecule has 2 heterocycles. The number of nitrogens with one attached hydrogen (secondary N) is 2. The van der Waals surface area contributed by atoms with Crippen LogP contribution in [0.3, 0.4) is 0 Å². The molecule has 9 heteroatoms. The molecule has 2 bridgehead atoms. The standard InChI is InChI=1S/C15H22N4O4S/c1-23-14-9-11(17-24(2,21)22)3-4-13(14)16-15(20)19-8-7-18-6-5-12(19)10-18/h3-4,9,12,17H,5-8,10H2,1-2H3,(H,16,20). The van der Waals surface area contributed by atoms with Crippen LogP contribution in [0.1, 0.15) is 6.42 Å². The van der Waals surface area contributed by atoms with Crippen molar-refractivity contribution in [3.8, 4) is 5.75 Å². The molecule has 2 amide bonds. The molecule has 0 radical (unpaired) electrons. The second kappa shape index (κ2) is 6.48. The first-order valence-electron chi connectivity index (χ1n) is 7.81. The summed E-state index contributed by atoms with van der Waals surface area (Å²) in [5.74, 6) is 0.405. The quantitative estimate of drug-likeness (QED) is 0.841. The number of anilines is 2. The molecule has 24 heavy (non-hydrogen) atoms. The maximum absolute atomic E-state index is 12.6. The number of amides is 2. The van der Waals surface area contributed by atoms with Crippen LogP contribution in [0.5, 0.6) is 5.75 Å². The third-order valence-corrected chi connectivity index (χ3v) is 4.96. The third kappa shape index (κ3) is 3.73.